The molecular weight excluding hydrogens is 391 g/mol. The normalized spacial score (nSPS) is 10.1. The Labute approximate surface area is 165 Å². The highest BCUT2D eigenvalue weighted by molar-refractivity contribution is 6.42. The first-order valence-corrected chi connectivity index (χ1v) is 8.41. The standard InChI is InChI=1S/C13H11Cl2N7.C3H7NO/c14-8-2-1-6(3-9(8)15)18-4-7-5-19-12-10(20-7)11(16)21-13(17)22-12;1-4(2)3-5/h1-3,5,18H,4H2,(H4,16,17,19,21,22);3H,1-2H3. The van der Waals surface area contributed by atoms with E-state index in [-0.39, 0.29) is 11.8 Å². The lowest BCUT2D eigenvalue weighted by atomic mass is 10.3. The first kappa shape index (κ1) is 20.4. The van der Waals surface area contributed by atoms with E-state index >= 15 is 0 Å². The number of benzene rings is 1. The Hall–Kier alpha value is -2.91. The van der Waals surface area contributed by atoms with Crippen LogP contribution in [0.3, 0.4) is 0 Å². The van der Waals surface area contributed by atoms with E-state index in [1.165, 1.54) is 4.90 Å². The van der Waals surface area contributed by atoms with Crippen LogP contribution < -0.4 is 16.8 Å². The number of anilines is 3. The fraction of sp³-hybridized carbons (Fsp3) is 0.188. The second-order valence-electron chi connectivity index (χ2n) is 5.55. The lowest BCUT2D eigenvalue weighted by molar-refractivity contribution is -0.115. The van der Waals surface area contributed by atoms with Gasteiger partial charge in [0.05, 0.1) is 28.5 Å². The maximum atomic E-state index is 9.43. The van der Waals surface area contributed by atoms with E-state index < -0.39 is 0 Å². The predicted molar refractivity (Wildman–Crippen MR) is 107 cm³/mol. The topological polar surface area (TPSA) is 136 Å². The van der Waals surface area contributed by atoms with Gasteiger partial charge < -0.3 is 21.7 Å². The van der Waals surface area contributed by atoms with Crippen molar-refractivity contribution in [3.63, 3.8) is 0 Å². The summed E-state index contributed by atoms with van der Waals surface area (Å²) in [6.07, 6.45) is 2.35. The second kappa shape index (κ2) is 9.15. The number of nitrogens with two attached hydrogens (primary N) is 2. The molecule has 0 atom stereocenters. The van der Waals surface area contributed by atoms with Gasteiger partial charge in [0.15, 0.2) is 17.0 Å². The van der Waals surface area contributed by atoms with Crippen LogP contribution in [-0.4, -0.2) is 45.3 Å². The molecule has 0 saturated heterocycles. The molecule has 5 N–H and O–H groups in total. The molecule has 0 saturated carbocycles. The van der Waals surface area contributed by atoms with Crippen molar-refractivity contribution < 1.29 is 4.79 Å². The van der Waals surface area contributed by atoms with Crippen molar-refractivity contribution in [3.8, 4) is 0 Å². The highest BCUT2D eigenvalue weighted by Gasteiger charge is 2.08. The molecule has 1 amide bonds. The number of amides is 1. The van der Waals surface area contributed by atoms with Crippen LogP contribution in [0.1, 0.15) is 5.69 Å². The number of rotatable bonds is 4. The minimum atomic E-state index is 0.0704. The molecule has 0 aliphatic carbocycles. The molecule has 142 valence electrons. The largest absolute Gasteiger partial charge is 0.382 e. The molecule has 2 aromatic heterocycles. The van der Waals surface area contributed by atoms with Crippen LogP contribution in [0.2, 0.25) is 10.0 Å². The quantitative estimate of drug-likeness (QED) is 0.558. The lowest BCUT2D eigenvalue weighted by Crippen LogP contribution is -2.07. The minimum Gasteiger partial charge on any atom is -0.382 e. The van der Waals surface area contributed by atoms with Gasteiger partial charge in [-0.15, -0.1) is 0 Å². The van der Waals surface area contributed by atoms with Crippen molar-refractivity contribution in [2.24, 2.45) is 0 Å². The molecule has 1 aromatic carbocycles. The first-order valence-electron chi connectivity index (χ1n) is 7.65. The Morgan fingerprint density at radius 1 is 1.15 bits per heavy atom. The number of hydrogen-bond acceptors (Lipinski definition) is 8. The number of carbonyl (C=O) groups is 1. The average Bonchev–Trinajstić information content (AvgIpc) is 2.63. The Kier molecular flexibility index (Phi) is 6.91. The van der Waals surface area contributed by atoms with E-state index in [0.717, 1.165) is 12.1 Å². The summed E-state index contributed by atoms with van der Waals surface area (Å²) in [7, 11) is 3.38. The molecule has 0 spiro atoms. The van der Waals surface area contributed by atoms with Gasteiger partial charge in [-0.3, -0.25) is 4.79 Å². The van der Waals surface area contributed by atoms with Gasteiger partial charge in [0.1, 0.15) is 0 Å². The summed E-state index contributed by atoms with van der Waals surface area (Å²) in [5.74, 6) is 0.271. The summed E-state index contributed by atoms with van der Waals surface area (Å²) in [6.45, 7) is 0.435. The fourth-order valence-corrected chi connectivity index (χ4v) is 2.16. The Morgan fingerprint density at radius 2 is 1.85 bits per heavy atom. The van der Waals surface area contributed by atoms with Crippen LogP contribution in [-0.2, 0) is 11.3 Å². The summed E-state index contributed by atoms with van der Waals surface area (Å²) >= 11 is 11.8. The van der Waals surface area contributed by atoms with E-state index in [9.17, 15) is 4.79 Å². The molecule has 0 unspecified atom stereocenters. The van der Waals surface area contributed by atoms with E-state index in [1.54, 1.807) is 32.4 Å². The molecule has 0 aliphatic heterocycles. The minimum absolute atomic E-state index is 0.0704. The van der Waals surface area contributed by atoms with Crippen LogP contribution in [0.25, 0.3) is 11.2 Å². The highest BCUT2D eigenvalue weighted by atomic mass is 35.5. The van der Waals surface area contributed by atoms with Gasteiger partial charge in [0.2, 0.25) is 12.4 Å². The lowest BCUT2D eigenvalue weighted by Gasteiger charge is -2.08. The maximum Gasteiger partial charge on any atom is 0.224 e. The fourth-order valence-electron chi connectivity index (χ4n) is 1.87. The molecule has 3 rings (SSSR count). The number of halogens is 2. The molecular formula is C16H18Cl2N8O. The summed E-state index contributed by atoms with van der Waals surface area (Å²) in [5.41, 5.74) is 13.6. The molecule has 0 radical (unpaired) electrons. The van der Waals surface area contributed by atoms with Crippen molar-refractivity contribution >= 4 is 58.2 Å². The van der Waals surface area contributed by atoms with Gasteiger partial charge in [-0.25, -0.2) is 9.97 Å². The third kappa shape index (κ3) is 5.80. The van der Waals surface area contributed by atoms with E-state index in [1.807, 2.05) is 6.07 Å². The molecule has 2 heterocycles. The van der Waals surface area contributed by atoms with Crippen molar-refractivity contribution in [1.82, 2.24) is 24.8 Å². The van der Waals surface area contributed by atoms with Crippen LogP contribution in [0.5, 0.6) is 0 Å². The van der Waals surface area contributed by atoms with E-state index in [0.29, 0.717) is 33.4 Å². The molecule has 9 nitrogen and oxygen atoms in total. The van der Waals surface area contributed by atoms with Crippen molar-refractivity contribution in [2.45, 2.75) is 6.54 Å². The van der Waals surface area contributed by atoms with Gasteiger partial charge >= 0.3 is 0 Å². The van der Waals surface area contributed by atoms with Gasteiger partial charge in [-0.1, -0.05) is 23.2 Å². The number of fused-ring (bicyclic) bond motifs is 1. The van der Waals surface area contributed by atoms with Crippen molar-refractivity contribution in [2.75, 3.05) is 30.9 Å². The molecule has 0 aliphatic rings. The molecule has 27 heavy (non-hydrogen) atoms. The summed E-state index contributed by atoms with van der Waals surface area (Å²) in [6, 6.07) is 5.27. The number of nitrogens with zero attached hydrogens (tertiary/aromatic N) is 5. The zero-order chi connectivity index (χ0) is 20.0. The van der Waals surface area contributed by atoms with Gasteiger partial charge in [0.25, 0.3) is 0 Å². The van der Waals surface area contributed by atoms with E-state index in [2.05, 4.69) is 25.3 Å². The number of hydrogen-bond donors (Lipinski definition) is 3. The average molecular weight is 409 g/mol. The van der Waals surface area contributed by atoms with E-state index in [4.69, 9.17) is 34.7 Å². The number of carbonyl (C=O) groups excluding carboxylic acids is 1. The van der Waals surface area contributed by atoms with Gasteiger partial charge in [-0.2, -0.15) is 9.97 Å². The summed E-state index contributed by atoms with van der Waals surface area (Å²) < 4.78 is 0. The third-order valence-electron chi connectivity index (χ3n) is 3.11. The molecule has 0 bridgehead atoms. The number of aromatic nitrogens is 4. The molecule has 0 fully saturated rings. The second-order valence-corrected chi connectivity index (χ2v) is 6.37. The highest BCUT2D eigenvalue weighted by Crippen LogP contribution is 2.25. The zero-order valence-corrected chi connectivity index (χ0v) is 16.2. The SMILES string of the molecule is CN(C)C=O.Nc1nc(N)c2nc(CNc3ccc(Cl)c(Cl)c3)cnc2n1. The van der Waals surface area contributed by atoms with Crippen LogP contribution in [0.15, 0.2) is 24.4 Å². The Balaban J connectivity index is 0.000000465. The maximum absolute atomic E-state index is 9.43. The summed E-state index contributed by atoms with van der Waals surface area (Å²) in [4.78, 5) is 27.3. The van der Waals surface area contributed by atoms with Crippen LogP contribution in [0.4, 0.5) is 17.5 Å². The number of nitrogens with one attached hydrogen (secondary N) is 1. The van der Waals surface area contributed by atoms with Crippen molar-refractivity contribution in [1.29, 1.82) is 0 Å². The zero-order valence-electron chi connectivity index (χ0n) is 14.6. The third-order valence-corrected chi connectivity index (χ3v) is 3.84. The smallest absolute Gasteiger partial charge is 0.224 e. The van der Waals surface area contributed by atoms with Gasteiger partial charge in [-0.05, 0) is 18.2 Å². The first-order chi connectivity index (χ1) is 12.8. The monoisotopic (exact) mass is 408 g/mol. The number of nitrogen functional groups attached to an aromatic ring is 2. The Bertz CT molecular complexity index is 951. The Morgan fingerprint density at radius 3 is 2.48 bits per heavy atom. The van der Waals surface area contributed by atoms with Crippen LogP contribution in [0, 0.1) is 0 Å². The van der Waals surface area contributed by atoms with Crippen LogP contribution >= 0.6 is 23.2 Å². The van der Waals surface area contributed by atoms with Gasteiger partial charge in [0, 0.05) is 19.8 Å². The molecule has 3 aromatic rings. The predicted octanol–water partition coefficient (Wildman–Crippen LogP) is 2.21. The summed E-state index contributed by atoms with van der Waals surface area (Å²) in [5, 5.41) is 4.15. The molecule has 11 heteroatoms. The van der Waals surface area contributed by atoms with Crippen molar-refractivity contribution in [3.05, 3.63) is 40.1 Å².